The first-order valence-electron chi connectivity index (χ1n) is 9.86. The zero-order valence-electron chi connectivity index (χ0n) is 18.4. The summed E-state index contributed by atoms with van der Waals surface area (Å²) in [7, 11) is 3.07. The van der Waals surface area contributed by atoms with Crippen LogP contribution in [0.4, 0.5) is 0 Å². The molecule has 0 spiro atoms. The van der Waals surface area contributed by atoms with Crippen LogP contribution in [0.2, 0.25) is 0 Å². The first kappa shape index (κ1) is 26.0. The Morgan fingerprint density at radius 3 is 2.07 bits per heavy atom. The molecule has 7 heteroatoms. The summed E-state index contributed by atoms with van der Waals surface area (Å²) in [5.74, 6) is -0.586. The molecular weight excluding hydrogens is 358 g/mol. The van der Waals surface area contributed by atoms with Crippen LogP contribution in [-0.2, 0) is 19.2 Å². The Labute approximate surface area is 169 Å². The van der Waals surface area contributed by atoms with Crippen molar-refractivity contribution in [1.29, 1.82) is 0 Å². The Balaban J connectivity index is 5.95. The van der Waals surface area contributed by atoms with Crippen LogP contribution in [0.3, 0.4) is 0 Å². The predicted octanol–water partition coefficient (Wildman–Crippen LogP) is 2.01. The van der Waals surface area contributed by atoms with Crippen LogP contribution in [0.15, 0.2) is 12.7 Å². The second-order valence-corrected chi connectivity index (χ2v) is 8.02. The van der Waals surface area contributed by atoms with Crippen molar-refractivity contribution in [3.05, 3.63) is 12.7 Å². The van der Waals surface area contributed by atoms with Crippen LogP contribution >= 0.6 is 0 Å². The largest absolute Gasteiger partial charge is 0.330 e. The number of nitrogens with one attached hydrogen (secondary N) is 1. The minimum Gasteiger partial charge on any atom is -0.330 e. The maximum absolute atomic E-state index is 13.2. The summed E-state index contributed by atoms with van der Waals surface area (Å²) in [6.07, 6.45) is 4.14. The average molecular weight is 396 g/mol. The van der Waals surface area contributed by atoms with Gasteiger partial charge in [0.15, 0.2) is 11.9 Å². The van der Waals surface area contributed by atoms with Gasteiger partial charge >= 0.3 is 0 Å². The Kier molecular flexibility index (Phi) is 10.9. The molecule has 28 heavy (non-hydrogen) atoms. The Morgan fingerprint density at radius 1 is 1.14 bits per heavy atom. The van der Waals surface area contributed by atoms with Gasteiger partial charge < -0.3 is 14.6 Å². The van der Waals surface area contributed by atoms with E-state index in [1.807, 2.05) is 34.6 Å². The standard InChI is InChI=1S/C21H37N3O4/c1-9-11-19(27)23(7)18(10-2)20(28)24(8)21(14-26,12-15(3)4)22-17(13-25)16(5)6/h10,13-18,22H,2,9,11-12H2,1,3-8H3/t17-,18-,21-/m1/s1. The molecule has 0 fully saturated rings. The van der Waals surface area contributed by atoms with Gasteiger partial charge in [0.25, 0.3) is 5.91 Å². The van der Waals surface area contributed by atoms with Crippen molar-refractivity contribution < 1.29 is 19.2 Å². The third kappa shape index (κ3) is 6.55. The summed E-state index contributed by atoms with van der Waals surface area (Å²) < 4.78 is 0. The molecule has 2 amide bonds. The average Bonchev–Trinajstić information content (AvgIpc) is 2.64. The quantitative estimate of drug-likeness (QED) is 0.293. The van der Waals surface area contributed by atoms with Crippen molar-refractivity contribution in [1.82, 2.24) is 15.1 Å². The maximum atomic E-state index is 13.2. The predicted molar refractivity (Wildman–Crippen MR) is 111 cm³/mol. The van der Waals surface area contributed by atoms with E-state index in [9.17, 15) is 19.2 Å². The van der Waals surface area contributed by atoms with Crippen molar-refractivity contribution in [2.45, 2.75) is 71.6 Å². The number of rotatable bonds is 13. The van der Waals surface area contributed by atoms with E-state index in [0.29, 0.717) is 25.5 Å². The van der Waals surface area contributed by atoms with E-state index in [-0.39, 0.29) is 17.7 Å². The smallest absolute Gasteiger partial charge is 0.250 e. The second-order valence-electron chi connectivity index (χ2n) is 8.02. The highest BCUT2D eigenvalue weighted by molar-refractivity contribution is 5.91. The third-order valence-corrected chi connectivity index (χ3v) is 4.88. The van der Waals surface area contributed by atoms with E-state index >= 15 is 0 Å². The molecule has 3 atom stereocenters. The van der Waals surface area contributed by atoms with Gasteiger partial charge in [-0.3, -0.25) is 19.7 Å². The molecule has 0 aromatic rings. The number of carbonyl (C=O) groups excluding carboxylic acids is 4. The molecule has 0 rings (SSSR count). The van der Waals surface area contributed by atoms with Crippen LogP contribution in [0.1, 0.15) is 53.9 Å². The summed E-state index contributed by atoms with van der Waals surface area (Å²) in [4.78, 5) is 51.9. The van der Waals surface area contributed by atoms with Crippen LogP contribution in [0.25, 0.3) is 0 Å². The van der Waals surface area contributed by atoms with Crippen molar-refractivity contribution >= 4 is 24.4 Å². The summed E-state index contributed by atoms with van der Waals surface area (Å²) in [5, 5.41) is 3.08. The molecular formula is C21H37N3O4. The van der Waals surface area contributed by atoms with Crippen LogP contribution < -0.4 is 5.32 Å². The number of hydrogen-bond acceptors (Lipinski definition) is 5. The lowest BCUT2D eigenvalue weighted by Crippen LogP contribution is -2.67. The molecule has 0 bridgehead atoms. The lowest BCUT2D eigenvalue weighted by molar-refractivity contribution is -0.150. The van der Waals surface area contributed by atoms with Gasteiger partial charge in [0.2, 0.25) is 5.91 Å². The molecule has 0 radical (unpaired) electrons. The van der Waals surface area contributed by atoms with E-state index in [2.05, 4.69) is 11.9 Å². The molecule has 0 aromatic heterocycles. The van der Waals surface area contributed by atoms with E-state index in [1.165, 1.54) is 22.9 Å². The van der Waals surface area contributed by atoms with Gasteiger partial charge in [-0.2, -0.15) is 0 Å². The van der Waals surface area contributed by atoms with Gasteiger partial charge in [-0.25, -0.2) is 0 Å². The van der Waals surface area contributed by atoms with Gasteiger partial charge in [-0.15, -0.1) is 6.58 Å². The zero-order valence-corrected chi connectivity index (χ0v) is 18.4. The van der Waals surface area contributed by atoms with Crippen LogP contribution in [0, 0.1) is 11.8 Å². The van der Waals surface area contributed by atoms with Gasteiger partial charge in [0.05, 0.1) is 6.04 Å². The number of hydrogen-bond donors (Lipinski definition) is 1. The molecule has 0 aliphatic heterocycles. The number of nitrogens with zero attached hydrogens (tertiary/aromatic N) is 2. The molecule has 0 aliphatic rings. The molecule has 0 heterocycles. The summed E-state index contributed by atoms with van der Waals surface area (Å²) in [5.41, 5.74) is -1.36. The maximum Gasteiger partial charge on any atom is 0.250 e. The van der Waals surface area contributed by atoms with E-state index in [4.69, 9.17) is 0 Å². The fraction of sp³-hybridized carbons (Fsp3) is 0.714. The minimum absolute atomic E-state index is 0.0588. The number of carbonyl (C=O) groups is 4. The molecule has 7 nitrogen and oxygen atoms in total. The molecule has 160 valence electrons. The normalized spacial score (nSPS) is 15.5. The molecule has 0 unspecified atom stereocenters. The van der Waals surface area contributed by atoms with Gasteiger partial charge in [0, 0.05) is 20.5 Å². The summed E-state index contributed by atoms with van der Waals surface area (Å²) in [6.45, 7) is 13.2. The van der Waals surface area contributed by atoms with Gasteiger partial charge in [0.1, 0.15) is 12.3 Å². The van der Waals surface area contributed by atoms with Gasteiger partial charge in [-0.1, -0.05) is 40.7 Å². The minimum atomic E-state index is -1.36. The monoisotopic (exact) mass is 395 g/mol. The van der Waals surface area contributed by atoms with E-state index < -0.39 is 23.7 Å². The van der Waals surface area contributed by atoms with Crippen molar-refractivity contribution in [2.75, 3.05) is 14.1 Å². The molecule has 0 saturated carbocycles. The molecule has 1 N–H and O–H groups in total. The number of likely N-dealkylation sites (N-methyl/N-ethyl adjacent to an activating group) is 2. The second kappa shape index (κ2) is 11.7. The highest BCUT2D eigenvalue weighted by Gasteiger charge is 2.42. The van der Waals surface area contributed by atoms with E-state index in [1.54, 1.807) is 7.05 Å². The van der Waals surface area contributed by atoms with Crippen LogP contribution in [0.5, 0.6) is 0 Å². The van der Waals surface area contributed by atoms with Gasteiger partial charge in [-0.05, 0) is 24.7 Å². The Morgan fingerprint density at radius 2 is 1.71 bits per heavy atom. The fourth-order valence-electron chi connectivity index (χ4n) is 3.09. The van der Waals surface area contributed by atoms with Crippen molar-refractivity contribution in [3.63, 3.8) is 0 Å². The Bertz CT molecular complexity index is 562. The highest BCUT2D eigenvalue weighted by Crippen LogP contribution is 2.23. The highest BCUT2D eigenvalue weighted by atomic mass is 16.2. The lowest BCUT2D eigenvalue weighted by atomic mass is 9.93. The van der Waals surface area contributed by atoms with Crippen molar-refractivity contribution in [3.8, 4) is 0 Å². The lowest BCUT2D eigenvalue weighted by Gasteiger charge is -2.43. The number of aldehydes is 2. The topological polar surface area (TPSA) is 86.8 Å². The third-order valence-electron chi connectivity index (χ3n) is 4.88. The SMILES string of the molecule is C=C[C@H](C(=O)N(C)[C@@](C=O)(CC(C)C)N[C@H](C=O)C(C)C)N(C)C(=O)CCC. The van der Waals surface area contributed by atoms with E-state index in [0.717, 1.165) is 6.29 Å². The molecule has 0 saturated heterocycles. The molecule has 0 aliphatic carbocycles. The summed E-state index contributed by atoms with van der Waals surface area (Å²) in [6, 6.07) is -1.49. The Hall–Kier alpha value is -2.02. The first-order valence-corrected chi connectivity index (χ1v) is 9.86. The first-order chi connectivity index (χ1) is 13.0. The number of amides is 2. The van der Waals surface area contributed by atoms with Crippen LogP contribution in [-0.4, -0.2) is 66.0 Å². The fourth-order valence-corrected chi connectivity index (χ4v) is 3.09. The molecule has 0 aromatic carbocycles. The zero-order chi connectivity index (χ0) is 22.1. The summed E-state index contributed by atoms with van der Waals surface area (Å²) >= 11 is 0. The van der Waals surface area contributed by atoms with Crippen molar-refractivity contribution in [2.24, 2.45) is 11.8 Å².